The van der Waals surface area contributed by atoms with Gasteiger partial charge in [-0.25, -0.2) is 8.42 Å². The number of anilines is 2. The number of hydrogen-bond acceptors (Lipinski definition) is 6. The van der Waals surface area contributed by atoms with Crippen LogP contribution >= 0.6 is 11.3 Å². The van der Waals surface area contributed by atoms with E-state index in [2.05, 4.69) is 5.32 Å². The van der Waals surface area contributed by atoms with Gasteiger partial charge in [0.25, 0.3) is 5.91 Å². The number of hydrogen-bond donors (Lipinski definition) is 1. The molecule has 0 radical (unpaired) electrons. The number of nitrogens with zero attached hydrogens (tertiary/aromatic N) is 2. The Bertz CT molecular complexity index is 1260. The zero-order valence-corrected chi connectivity index (χ0v) is 19.6. The minimum absolute atomic E-state index is 0.0323. The molecule has 0 saturated heterocycles. The normalized spacial score (nSPS) is 12.7. The van der Waals surface area contributed by atoms with Crippen LogP contribution in [0.15, 0.2) is 47.3 Å². The quantitative estimate of drug-likeness (QED) is 0.579. The Morgan fingerprint density at radius 3 is 2.35 bits per heavy atom. The van der Waals surface area contributed by atoms with Gasteiger partial charge < -0.3 is 10.1 Å². The van der Waals surface area contributed by atoms with Gasteiger partial charge in [-0.1, -0.05) is 11.3 Å². The molecule has 0 fully saturated rings. The lowest BCUT2D eigenvalue weighted by Crippen LogP contribution is -2.30. The van der Waals surface area contributed by atoms with Crippen LogP contribution in [-0.4, -0.2) is 38.3 Å². The number of fused-ring (bicyclic) bond motifs is 1. The molecule has 0 aliphatic carbocycles. The predicted molar refractivity (Wildman–Crippen MR) is 125 cm³/mol. The van der Waals surface area contributed by atoms with E-state index in [-0.39, 0.29) is 16.8 Å². The van der Waals surface area contributed by atoms with Gasteiger partial charge in [-0.2, -0.15) is 0 Å². The summed E-state index contributed by atoms with van der Waals surface area (Å²) in [6, 6.07) is 11.9. The smallest absolute Gasteiger partial charge is 0.308 e. The van der Waals surface area contributed by atoms with Crippen LogP contribution in [0.1, 0.15) is 26.8 Å². The molecule has 1 heterocycles. The van der Waals surface area contributed by atoms with Gasteiger partial charge in [-0.05, 0) is 63.2 Å². The second-order valence-corrected chi connectivity index (χ2v) is 10.5. The molecule has 0 unspecified atom stereocenters. The molecule has 1 atom stereocenters. The molecule has 0 aliphatic heterocycles. The molecule has 0 bridgehead atoms. The topological polar surface area (TPSA) is 97.7 Å². The minimum atomic E-state index is -3.35. The number of carbonyl (C=O) groups is 1. The molecule has 0 aliphatic rings. The van der Waals surface area contributed by atoms with E-state index < -0.39 is 16.1 Å². The van der Waals surface area contributed by atoms with Gasteiger partial charge in [0.15, 0.2) is 6.10 Å². The molecule has 8 nitrogen and oxygen atoms in total. The summed E-state index contributed by atoms with van der Waals surface area (Å²) in [5, 5.41) is 2.81. The molecule has 1 aromatic heterocycles. The van der Waals surface area contributed by atoms with E-state index in [0.717, 1.165) is 32.1 Å². The lowest BCUT2D eigenvalue weighted by molar-refractivity contribution is -0.122. The summed E-state index contributed by atoms with van der Waals surface area (Å²) in [6.45, 7) is 5.53. The molecule has 0 saturated carbocycles. The fraction of sp³-hybridized carbons (Fsp3) is 0.333. The Hall–Kier alpha value is -2.85. The summed E-state index contributed by atoms with van der Waals surface area (Å²) in [6.07, 6.45) is 0.338. The maximum absolute atomic E-state index is 12.6. The molecule has 1 N–H and O–H groups in total. The van der Waals surface area contributed by atoms with Crippen molar-refractivity contribution < 1.29 is 17.9 Å². The van der Waals surface area contributed by atoms with Gasteiger partial charge in [0.2, 0.25) is 10.0 Å². The summed E-state index contributed by atoms with van der Waals surface area (Å²) < 4.78 is 32.6. The van der Waals surface area contributed by atoms with E-state index in [9.17, 15) is 18.0 Å². The van der Waals surface area contributed by atoms with Crippen molar-refractivity contribution in [2.75, 3.05) is 22.9 Å². The van der Waals surface area contributed by atoms with Crippen LogP contribution < -0.4 is 19.2 Å². The van der Waals surface area contributed by atoms with Crippen molar-refractivity contribution in [2.45, 2.75) is 32.9 Å². The average molecular weight is 464 g/mol. The third kappa shape index (κ3) is 5.08. The zero-order chi connectivity index (χ0) is 22.9. The summed E-state index contributed by atoms with van der Waals surface area (Å²) in [7, 11) is -1.89. The first-order chi connectivity index (χ1) is 14.5. The van der Waals surface area contributed by atoms with Crippen LogP contribution in [0.2, 0.25) is 0 Å². The SMILES string of the molecule is CC(C)n1c(=O)sc2cc(NC(=O)[C@@H](C)Oc3ccc(N(C)S(C)(=O)=O)cc3)ccc21. The number of amides is 1. The lowest BCUT2D eigenvalue weighted by Gasteiger charge is -2.18. The maximum Gasteiger partial charge on any atom is 0.308 e. The van der Waals surface area contributed by atoms with E-state index in [0.29, 0.717) is 17.1 Å². The van der Waals surface area contributed by atoms with Gasteiger partial charge in [0.05, 0.1) is 22.2 Å². The number of rotatable bonds is 7. The van der Waals surface area contributed by atoms with Gasteiger partial charge in [0, 0.05) is 18.8 Å². The molecule has 2 aromatic carbocycles. The monoisotopic (exact) mass is 463 g/mol. The predicted octanol–water partition coefficient (Wildman–Crippen LogP) is 3.45. The van der Waals surface area contributed by atoms with Crippen LogP contribution in [0.3, 0.4) is 0 Å². The van der Waals surface area contributed by atoms with Gasteiger partial charge in [-0.15, -0.1) is 0 Å². The fourth-order valence-electron chi connectivity index (χ4n) is 3.03. The number of thiazole rings is 1. The van der Waals surface area contributed by atoms with Crippen LogP contribution in [0.4, 0.5) is 11.4 Å². The Balaban J connectivity index is 1.69. The second kappa shape index (κ2) is 8.72. The number of benzene rings is 2. The molecule has 166 valence electrons. The van der Waals surface area contributed by atoms with E-state index in [4.69, 9.17) is 4.74 Å². The number of nitrogens with one attached hydrogen (secondary N) is 1. The molecular formula is C21H25N3O5S2. The Kier molecular flexibility index (Phi) is 6.42. The Morgan fingerprint density at radius 1 is 1.13 bits per heavy atom. The van der Waals surface area contributed by atoms with Crippen LogP contribution in [0, 0.1) is 0 Å². The number of sulfonamides is 1. The zero-order valence-electron chi connectivity index (χ0n) is 17.9. The minimum Gasteiger partial charge on any atom is -0.481 e. The summed E-state index contributed by atoms with van der Waals surface area (Å²) in [5.41, 5.74) is 1.91. The van der Waals surface area contributed by atoms with E-state index >= 15 is 0 Å². The highest BCUT2D eigenvalue weighted by atomic mass is 32.2. The second-order valence-electron chi connectivity index (χ2n) is 7.49. The first-order valence-corrected chi connectivity index (χ1v) is 12.3. The number of carbonyl (C=O) groups excluding carboxylic acids is 1. The van der Waals surface area contributed by atoms with Crippen molar-refractivity contribution in [1.82, 2.24) is 4.57 Å². The Morgan fingerprint density at radius 2 is 1.77 bits per heavy atom. The highest BCUT2D eigenvalue weighted by Crippen LogP contribution is 2.25. The largest absolute Gasteiger partial charge is 0.481 e. The van der Waals surface area contributed by atoms with E-state index in [1.165, 1.54) is 7.05 Å². The van der Waals surface area contributed by atoms with E-state index in [1.54, 1.807) is 47.9 Å². The first kappa shape index (κ1) is 22.8. The summed E-state index contributed by atoms with van der Waals surface area (Å²) >= 11 is 1.14. The van der Waals surface area contributed by atoms with Crippen molar-refractivity contribution >= 4 is 48.9 Å². The van der Waals surface area contributed by atoms with Crippen LogP contribution in [0.25, 0.3) is 10.2 Å². The number of ether oxygens (including phenoxy) is 1. The fourth-order valence-corrected chi connectivity index (χ4v) is 4.59. The molecule has 1 amide bonds. The molecule has 0 spiro atoms. The van der Waals surface area contributed by atoms with Crippen LogP contribution in [-0.2, 0) is 14.8 Å². The number of aromatic nitrogens is 1. The molecule has 10 heteroatoms. The molecule has 3 rings (SSSR count). The third-order valence-corrected chi connectivity index (χ3v) is 6.90. The van der Waals surface area contributed by atoms with Crippen LogP contribution in [0.5, 0.6) is 5.75 Å². The molecular weight excluding hydrogens is 438 g/mol. The Labute approximate surface area is 185 Å². The van der Waals surface area contributed by atoms with Crippen molar-refractivity contribution in [1.29, 1.82) is 0 Å². The molecule has 3 aromatic rings. The van der Waals surface area contributed by atoms with Crippen molar-refractivity contribution in [3.63, 3.8) is 0 Å². The van der Waals surface area contributed by atoms with Gasteiger partial charge in [-0.3, -0.25) is 18.5 Å². The van der Waals surface area contributed by atoms with Gasteiger partial charge >= 0.3 is 4.87 Å². The van der Waals surface area contributed by atoms with Gasteiger partial charge in [0.1, 0.15) is 5.75 Å². The summed E-state index contributed by atoms with van der Waals surface area (Å²) in [4.78, 5) is 24.7. The highest BCUT2D eigenvalue weighted by molar-refractivity contribution is 7.92. The average Bonchev–Trinajstić information content (AvgIpc) is 3.02. The van der Waals surface area contributed by atoms with Crippen molar-refractivity contribution in [3.8, 4) is 5.75 Å². The maximum atomic E-state index is 12.6. The summed E-state index contributed by atoms with van der Waals surface area (Å²) in [5.74, 6) is 0.100. The lowest BCUT2D eigenvalue weighted by atomic mass is 10.2. The highest BCUT2D eigenvalue weighted by Gasteiger charge is 2.17. The first-order valence-electron chi connectivity index (χ1n) is 9.64. The van der Waals surface area contributed by atoms with Crippen molar-refractivity contribution in [2.24, 2.45) is 0 Å². The van der Waals surface area contributed by atoms with Crippen molar-refractivity contribution in [3.05, 3.63) is 52.1 Å². The standard InChI is InChI=1S/C21H25N3O5S2/c1-13(2)24-18-11-6-15(12-19(18)30-21(24)26)22-20(25)14(3)29-17-9-7-16(8-10-17)23(4)31(5,27)28/h6-14H,1-5H3,(H,22,25)/t14-/m1/s1. The van der Waals surface area contributed by atoms with E-state index in [1.807, 2.05) is 19.9 Å². The third-order valence-electron chi connectivity index (χ3n) is 4.78. The molecule has 31 heavy (non-hydrogen) atoms.